The molecule has 0 spiro atoms. The van der Waals surface area contributed by atoms with Crippen molar-refractivity contribution in [3.63, 3.8) is 0 Å². The van der Waals surface area contributed by atoms with E-state index in [1.54, 1.807) is 6.33 Å². The summed E-state index contributed by atoms with van der Waals surface area (Å²) in [6, 6.07) is 1.31. The lowest BCUT2D eigenvalue weighted by Gasteiger charge is -2.57. The Bertz CT molecular complexity index is 841. The van der Waals surface area contributed by atoms with Crippen LogP contribution < -0.4 is 9.80 Å². The number of hydrogen-bond acceptors (Lipinski definition) is 6. The zero-order chi connectivity index (χ0) is 18.6. The molecular formula is C17H19F3N6. The molecule has 5 rings (SSSR count). The maximum Gasteiger partial charge on any atom is 0.433 e. The molecule has 0 amide bonds. The Morgan fingerprint density at radius 2 is 1.73 bits per heavy atom. The number of aryl methyl sites for hydroxylation is 2. The summed E-state index contributed by atoms with van der Waals surface area (Å²) in [5.74, 6) is 1.40. The van der Waals surface area contributed by atoms with Crippen LogP contribution in [0.25, 0.3) is 0 Å². The van der Waals surface area contributed by atoms with Crippen LogP contribution in [0, 0.1) is 20.8 Å². The molecule has 2 atom stereocenters. The summed E-state index contributed by atoms with van der Waals surface area (Å²) in [6.45, 7) is 6.84. The van der Waals surface area contributed by atoms with Crippen LogP contribution in [0.4, 0.5) is 24.8 Å². The molecule has 2 aromatic rings. The van der Waals surface area contributed by atoms with Crippen LogP contribution >= 0.6 is 0 Å². The lowest BCUT2D eigenvalue weighted by atomic mass is 9.87. The van der Waals surface area contributed by atoms with Gasteiger partial charge in [0.2, 0.25) is 0 Å². The van der Waals surface area contributed by atoms with Gasteiger partial charge >= 0.3 is 6.18 Å². The minimum Gasteiger partial charge on any atom is -0.352 e. The van der Waals surface area contributed by atoms with Crippen LogP contribution in [0.1, 0.15) is 29.2 Å². The molecule has 3 aliphatic heterocycles. The fraction of sp³-hybridized carbons (Fsp3) is 0.529. The molecule has 138 valence electrons. The maximum absolute atomic E-state index is 13.1. The highest BCUT2D eigenvalue weighted by atomic mass is 19.4. The van der Waals surface area contributed by atoms with Crippen molar-refractivity contribution in [2.45, 2.75) is 45.5 Å². The molecular weight excluding hydrogens is 345 g/mol. The number of halogens is 3. The van der Waals surface area contributed by atoms with E-state index in [4.69, 9.17) is 0 Å². The topological polar surface area (TPSA) is 58.0 Å². The molecule has 2 bridgehead atoms. The van der Waals surface area contributed by atoms with Gasteiger partial charge in [-0.3, -0.25) is 0 Å². The Hall–Kier alpha value is -2.45. The second-order valence-electron chi connectivity index (χ2n) is 6.92. The van der Waals surface area contributed by atoms with Gasteiger partial charge in [-0.15, -0.1) is 0 Å². The van der Waals surface area contributed by atoms with Crippen LogP contribution in [0.5, 0.6) is 0 Å². The minimum absolute atomic E-state index is 0.124. The number of nitrogens with zero attached hydrogens (tertiary/aromatic N) is 6. The standard InChI is InChI=1S/C17H19F3N6/c1-9-10(2)21-8-22-16(9)25-6-12-4-13(7-25)26(12)15-5-14(17(18,19)20)23-11(3)24-15/h5,8,12-13H,4,6-7H2,1-3H3. The van der Waals surface area contributed by atoms with E-state index < -0.39 is 11.9 Å². The summed E-state index contributed by atoms with van der Waals surface area (Å²) in [4.78, 5) is 20.6. The largest absolute Gasteiger partial charge is 0.433 e. The number of fused-ring (bicyclic) bond motifs is 2. The van der Waals surface area contributed by atoms with Crippen molar-refractivity contribution < 1.29 is 13.2 Å². The second kappa shape index (κ2) is 5.78. The summed E-state index contributed by atoms with van der Waals surface area (Å²) in [5.41, 5.74) is 1.09. The minimum atomic E-state index is -4.47. The quantitative estimate of drug-likeness (QED) is 0.817. The predicted octanol–water partition coefficient (Wildman–Crippen LogP) is 2.68. The third kappa shape index (κ3) is 2.75. The number of piperidine rings is 1. The zero-order valence-corrected chi connectivity index (χ0v) is 14.7. The van der Waals surface area contributed by atoms with E-state index in [0.29, 0.717) is 18.9 Å². The van der Waals surface area contributed by atoms with Crippen LogP contribution in [0.2, 0.25) is 0 Å². The average Bonchev–Trinajstić information content (AvgIpc) is 2.56. The van der Waals surface area contributed by atoms with Crippen LogP contribution in [0.15, 0.2) is 12.4 Å². The van der Waals surface area contributed by atoms with Gasteiger partial charge in [0.25, 0.3) is 0 Å². The summed E-state index contributed by atoms with van der Waals surface area (Å²) >= 11 is 0. The summed E-state index contributed by atoms with van der Waals surface area (Å²) < 4.78 is 39.2. The molecule has 0 N–H and O–H groups in total. The van der Waals surface area contributed by atoms with Crippen molar-refractivity contribution in [1.82, 2.24) is 19.9 Å². The third-order valence-corrected chi connectivity index (χ3v) is 5.18. The molecule has 2 unspecified atom stereocenters. The smallest absolute Gasteiger partial charge is 0.352 e. The summed E-state index contributed by atoms with van der Waals surface area (Å²) in [6.07, 6.45) is -1.97. The van der Waals surface area contributed by atoms with Gasteiger partial charge in [0.05, 0.1) is 12.1 Å². The number of alkyl halides is 3. The molecule has 3 aliphatic rings. The maximum atomic E-state index is 13.1. The van der Waals surface area contributed by atoms with Gasteiger partial charge < -0.3 is 9.80 Å². The van der Waals surface area contributed by atoms with E-state index in [9.17, 15) is 13.2 Å². The molecule has 9 heteroatoms. The highest BCUT2D eigenvalue weighted by molar-refractivity contribution is 5.55. The van der Waals surface area contributed by atoms with Gasteiger partial charge in [0.15, 0.2) is 0 Å². The predicted molar refractivity (Wildman–Crippen MR) is 90.2 cm³/mol. The van der Waals surface area contributed by atoms with E-state index in [1.807, 2.05) is 18.7 Å². The monoisotopic (exact) mass is 364 g/mol. The molecule has 0 aromatic carbocycles. The average molecular weight is 364 g/mol. The first-order valence-corrected chi connectivity index (χ1v) is 8.48. The first kappa shape index (κ1) is 17.0. The van der Waals surface area contributed by atoms with Gasteiger partial charge in [-0.2, -0.15) is 13.2 Å². The van der Waals surface area contributed by atoms with E-state index in [1.165, 1.54) is 6.92 Å². The van der Waals surface area contributed by atoms with Gasteiger partial charge in [0, 0.05) is 30.4 Å². The number of anilines is 2. The fourth-order valence-electron chi connectivity index (χ4n) is 3.83. The Morgan fingerprint density at radius 1 is 1.04 bits per heavy atom. The van der Waals surface area contributed by atoms with Crippen LogP contribution in [0.3, 0.4) is 0 Å². The van der Waals surface area contributed by atoms with Crippen molar-refractivity contribution in [1.29, 1.82) is 0 Å². The van der Waals surface area contributed by atoms with Crippen molar-refractivity contribution in [3.05, 3.63) is 35.2 Å². The first-order valence-electron chi connectivity index (χ1n) is 8.48. The van der Waals surface area contributed by atoms with E-state index in [-0.39, 0.29) is 17.9 Å². The van der Waals surface area contributed by atoms with Crippen molar-refractivity contribution in [3.8, 4) is 0 Å². The molecule has 3 saturated heterocycles. The molecule has 5 heterocycles. The number of aromatic nitrogens is 4. The third-order valence-electron chi connectivity index (χ3n) is 5.18. The summed E-state index contributed by atoms with van der Waals surface area (Å²) in [7, 11) is 0. The molecule has 2 aromatic heterocycles. The second-order valence-corrected chi connectivity index (χ2v) is 6.92. The Balaban J connectivity index is 1.59. The van der Waals surface area contributed by atoms with E-state index in [2.05, 4.69) is 24.8 Å². The lowest BCUT2D eigenvalue weighted by molar-refractivity contribution is -0.141. The van der Waals surface area contributed by atoms with Crippen LogP contribution in [-0.2, 0) is 6.18 Å². The Labute approximate surface area is 149 Å². The highest BCUT2D eigenvalue weighted by Crippen LogP contribution is 2.39. The van der Waals surface area contributed by atoms with Crippen molar-refractivity contribution in [2.24, 2.45) is 0 Å². The van der Waals surface area contributed by atoms with Gasteiger partial charge in [-0.1, -0.05) is 0 Å². The number of rotatable bonds is 2. The van der Waals surface area contributed by atoms with E-state index in [0.717, 1.165) is 29.6 Å². The molecule has 0 saturated carbocycles. The van der Waals surface area contributed by atoms with Crippen molar-refractivity contribution in [2.75, 3.05) is 22.9 Å². The van der Waals surface area contributed by atoms with Gasteiger partial charge in [-0.05, 0) is 27.2 Å². The first-order chi connectivity index (χ1) is 12.2. The van der Waals surface area contributed by atoms with E-state index >= 15 is 0 Å². The molecule has 26 heavy (non-hydrogen) atoms. The fourth-order valence-corrected chi connectivity index (χ4v) is 3.83. The van der Waals surface area contributed by atoms with Crippen LogP contribution in [-0.4, -0.2) is 45.1 Å². The Morgan fingerprint density at radius 3 is 2.38 bits per heavy atom. The lowest BCUT2D eigenvalue weighted by Crippen LogP contribution is -2.69. The van der Waals surface area contributed by atoms with Gasteiger partial charge in [0.1, 0.15) is 29.5 Å². The zero-order valence-electron chi connectivity index (χ0n) is 14.7. The normalized spacial score (nSPS) is 22.4. The molecule has 6 nitrogen and oxygen atoms in total. The SMILES string of the molecule is Cc1nc(N2C3CC2CN(c2ncnc(C)c2C)C3)cc(C(F)(F)F)n1. The molecule has 3 fully saturated rings. The number of hydrogen-bond donors (Lipinski definition) is 0. The summed E-state index contributed by atoms with van der Waals surface area (Å²) in [5, 5.41) is 0. The highest BCUT2D eigenvalue weighted by Gasteiger charge is 2.46. The Kier molecular flexibility index (Phi) is 3.78. The van der Waals surface area contributed by atoms with Gasteiger partial charge in [-0.25, -0.2) is 19.9 Å². The molecule has 0 radical (unpaired) electrons. The van der Waals surface area contributed by atoms with Crippen molar-refractivity contribution >= 4 is 11.6 Å². The number of piperazine rings is 1. The molecule has 0 aliphatic carbocycles.